The van der Waals surface area contributed by atoms with Crippen molar-refractivity contribution in [3.8, 4) is 0 Å². The molecule has 0 spiro atoms. The molecule has 3 heteroatoms. The van der Waals surface area contributed by atoms with Gasteiger partial charge in [-0.25, -0.2) is 0 Å². The van der Waals surface area contributed by atoms with Crippen LogP contribution in [-0.2, 0) is 17.6 Å². The van der Waals surface area contributed by atoms with Gasteiger partial charge >= 0.3 is 0 Å². The van der Waals surface area contributed by atoms with Crippen LogP contribution in [-0.4, -0.2) is 29.9 Å². The highest BCUT2D eigenvalue weighted by Crippen LogP contribution is 2.35. The van der Waals surface area contributed by atoms with Crippen LogP contribution < -0.4 is 5.32 Å². The molecule has 1 aliphatic rings. The fraction of sp³-hybridized carbons (Fsp3) is 0.450. The lowest BCUT2D eigenvalue weighted by Gasteiger charge is -2.27. The Kier molecular flexibility index (Phi) is 4.67. The van der Waals surface area contributed by atoms with E-state index in [2.05, 4.69) is 61.3 Å². The Morgan fingerprint density at radius 2 is 1.78 bits per heavy atom. The average molecular weight is 310 g/mol. The molecule has 0 bridgehead atoms. The van der Waals surface area contributed by atoms with Gasteiger partial charge in [0.25, 0.3) is 0 Å². The first-order chi connectivity index (χ1) is 11.2. The van der Waals surface area contributed by atoms with Crippen molar-refractivity contribution >= 4 is 22.4 Å². The first-order valence-corrected chi connectivity index (χ1v) is 8.77. The van der Waals surface area contributed by atoms with E-state index in [4.69, 9.17) is 0 Å². The Morgan fingerprint density at radius 3 is 2.43 bits per heavy atom. The fourth-order valence-corrected chi connectivity index (χ4v) is 3.85. The summed E-state index contributed by atoms with van der Waals surface area (Å²) in [6, 6.07) is 10.6. The molecule has 0 unspecified atom stereocenters. The maximum absolute atomic E-state index is 12.8. The van der Waals surface area contributed by atoms with Crippen molar-refractivity contribution in [2.45, 2.75) is 46.1 Å². The molecular weight excluding hydrogens is 284 g/mol. The van der Waals surface area contributed by atoms with E-state index in [9.17, 15) is 4.79 Å². The zero-order valence-corrected chi connectivity index (χ0v) is 14.4. The van der Waals surface area contributed by atoms with Crippen LogP contribution in [0.2, 0.25) is 0 Å². The van der Waals surface area contributed by atoms with Crippen molar-refractivity contribution in [1.82, 2.24) is 4.90 Å². The molecule has 1 aliphatic carbocycles. The lowest BCUT2D eigenvalue weighted by molar-refractivity contribution is -0.121. The largest absolute Gasteiger partial charge is 0.324 e. The van der Waals surface area contributed by atoms with E-state index >= 15 is 0 Å². The van der Waals surface area contributed by atoms with Crippen LogP contribution >= 0.6 is 0 Å². The van der Waals surface area contributed by atoms with Crippen LogP contribution in [0.1, 0.15) is 38.3 Å². The molecule has 0 aliphatic heterocycles. The number of carbonyl (C=O) groups excluding carboxylic acids is 1. The Labute approximate surface area is 138 Å². The summed E-state index contributed by atoms with van der Waals surface area (Å²) in [5, 5.41) is 5.72. The highest BCUT2D eigenvalue weighted by molar-refractivity contribution is 6.06. The van der Waals surface area contributed by atoms with Crippen LogP contribution in [0.15, 0.2) is 30.3 Å². The van der Waals surface area contributed by atoms with E-state index in [1.54, 1.807) is 0 Å². The monoisotopic (exact) mass is 310 g/mol. The van der Waals surface area contributed by atoms with Crippen molar-refractivity contribution in [3.05, 3.63) is 41.5 Å². The Bertz CT molecular complexity index is 709. The van der Waals surface area contributed by atoms with Gasteiger partial charge in [-0.1, -0.05) is 45.0 Å². The number of hydrogen-bond donors (Lipinski definition) is 1. The van der Waals surface area contributed by atoms with E-state index in [-0.39, 0.29) is 11.9 Å². The summed E-state index contributed by atoms with van der Waals surface area (Å²) in [5.41, 5.74) is 3.76. The normalized spacial score (nSPS) is 14.4. The Balaban J connectivity index is 1.92. The molecule has 1 atom stereocenters. The van der Waals surface area contributed by atoms with Crippen molar-refractivity contribution in [2.24, 2.45) is 0 Å². The minimum Gasteiger partial charge on any atom is -0.324 e. The van der Waals surface area contributed by atoms with Crippen molar-refractivity contribution in [2.75, 3.05) is 18.4 Å². The third-order valence-electron chi connectivity index (χ3n) is 5.08. The minimum atomic E-state index is -0.0620. The molecule has 1 N–H and O–H groups in total. The maximum Gasteiger partial charge on any atom is 0.241 e. The molecule has 2 aromatic rings. The molecular formula is C20H26N2O. The number of rotatable bonds is 6. The average Bonchev–Trinajstić information content (AvgIpc) is 2.99. The number of aryl methyl sites for hydroxylation is 2. The second kappa shape index (κ2) is 6.71. The topological polar surface area (TPSA) is 32.3 Å². The molecule has 23 heavy (non-hydrogen) atoms. The van der Waals surface area contributed by atoms with Crippen LogP contribution in [0.4, 0.5) is 5.69 Å². The molecule has 3 nitrogen and oxygen atoms in total. The van der Waals surface area contributed by atoms with Gasteiger partial charge in [-0.3, -0.25) is 9.69 Å². The maximum atomic E-state index is 12.8. The predicted molar refractivity (Wildman–Crippen MR) is 97.0 cm³/mol. The van der Waals surface area contributed by atoms with Gasteiger partial charge < -0.3 is 5.32 Å². The molecule has 1 amide bonds. The lowest BCUT2D eigenvalue weighted by Crippen LogP contribution is -2.43. The highest BCUT2D eigenvalue weighted by Gasteiger charge is 2.23. The summed E-state index contributed by atoms with van der Waals surface area (Å²) in [5.74, 6) is 0.106. The van der Waals surface area contributed by atoms with Gasteiger partial charge in [0, 0.05) is 11.1 Å². The predicted octanol–water partition coefficient (Wildman–Crippen LogP) is 4.00. The van der Waals surface area contributed by atoms with Gasteiger partial charge in [-0.15, -0.1) is 0 Å². The molecule has 122 valence electrons. The van der Waals surface area contributed by atoms with E-state index in [1.807, 2.05) is 0 Å². The number of likely N-dealkylation sites (N-methyl/N-ethyl adjacent to an activating group) is 1. The van der Waals surface area contributed by atoms with Crippen molar-refractivity contribution in [3.63, 3.8) is 0 Å². The Morgan fingerprint density at radius 1 is 1.09 bits per heavy atom. The number of carbonyl (C=O) groups is 1. The second-order valence-corrected chi connectivity index (χ2v) is 6.25. The number of hydrogen-bond acceptors (Lipinski definition) is 2. The van der Waals surface area contributed by atoms with E-state index < -0.39 is 0 Å². The molecule has 0 aromatic heterocycles. The molecule has 0 saturated carbocycles. The Hall–Kier alpha value is -1.87. The highest BCUT2D eigenvalue weighted by atomic mass is 16.2. The van der Waals surface area contributed by atoms with Gasteiger partial charge in [0.1, 0.15) is 0 Å². The summed E-state index contributed by atoms with van der Waals surface area (Å²) in [6.07, 6.45) is 3.05. The molecule has 0 fully saturated rings. The number of benzene rings is 2. The first-order valence-electron chi connectivity index (χ1n) is 8.77. The zero-order chi connectivity index (χ0) is 16.4. The summed E-state index contributed by atoms with van der Waals surface area (Å²) in [4.78, 5) is 15.0. The second-order valence-electron chi connectivity index (χ2n) is 6.25. The van der Waals surface area contributed by atoms with Gasteiger partial charge in [0.05, 0.1) is 6.04 Å². The van der Waals surface area contributed by atoms with E-state index in [1.165, 1.54) is 21.9 Å². The molecule has 0 heterocycles. The van der Waals surface area contributed by atoms with Gasteiger partial charge in [-0.2, -0.15) is 0 Å². The number of nitrogens with one attached hydrogen (secondary N) is 1. The van der Waals surface area contributed by atoms with E-state index in [0.717, 1.165) is 38.0 Å². The number of anilines is 1. The standard InChI is InChI=1S/C20H26N2O/c1-4-18(22(5-2)6-3)20(23)21-17-13-12-15-11-10-14-8-7-9-16(17)19(14)15/h7-9,12-13,18H,4-6,10-11H2,1-3H3,(H,21,23)/t18-/m0/s1. The first kappa shape index (κ1) is 16.0. The van der Waals surface area contributed by atoms with E-state index in [0.29, 0.717) is 0 Å². The third-order valence-corrected chi connectivity index (χ3v) is 5.08. The summed E-state index contributed by atoms with van der Waals surface area (Å²) >= 11 is 0. The smallest absolute Gasteiger partial charge is 0.241 e. The van der Waals surface area contributed by atoms with Crippen LogP contribution in [0.25, 0.3) is 10.8 Å². The van der Waals surface area contributed by atoms with Gasteiger partial charge in [0.15, 0.2) is 0 Å². The molecule has 0 saturated heterocycles. The quantitative estimate of drug-likeness (QED) is 0.874. The number of nitrogens with zero attached hydrogens (tertiary/aromatic N) is 1. The fourth-order valence-electron chi connectivity index (χ4n) is 3.85. The van der Waals surface area contributed by atoms with Gasteiger partial charge in [-0.05, 0) is 54.9 Å². The van der Waals surface area contributed by atoms with Crippen LogP contribution in [0.5, 0.6) is 0 Å². The zero-order valence-electron chi connectivity index (χ0n) is 14.4. The molecule has 2 aromatic carbocycles. The molecule has 3 rings (SSSR count). The summed E-state index contributed by atoms with van der Waals surface area (Å²) in [7, 11) is 0. The van der Waals surface area contributed by atoms with Crippen LogP contribution in [0.3, 0.4) is 0 Å². The minimum absolute atomic E-state index is 0.0620. The van der Waals surface area contributed by atoms with Gasteiger partial charge in [0.2, 0.25) is 5.91 Å². The van der Waals surface area contributed by atoms with Crippen molar-refractivity contribution < 1.29 is 4.79 Å². The summed E-state index contributed by atoms with van der Waals surface area (Å²) in [6.45, 7) is 8.09. The third kappa shape index (κ3) is 2.86. The SMILES string of the molecule is CC[C@@H](C(=O)Nc1ccc2c3c(cccc13)CC2)N(CC)CC. The number of amides is 1. The van der Waals surface area contributed by atoms with Crippen LogP contribution in [0, 0.1) is 0 Å². The summed E-state index contributed by atoms with van der Waals surface area (Å²) < 4.78 is 0. The van der Waals surface area contributed by atoms with Crippen molar-refractivity contribution in [1.29, 1.82) is 0 Å². The molecule has 0 radical (unpaired) electrons. The lowest BCUT2D eigenvalue weighted by atomic mass is 10.0.